The van der Waals surface area contributed by atoms with Crippen molar-refractivity contribution < 1.29 is 4.74 Å². The first kappa shape index (κ1) is 18.9. The van der Waals surface area contributed by atoms with Crippen molar-refractivity contribution in [3.63, 3.8) is 0 Å². The third kappa shape index (κ3) is 2.67. The lowest BCUT2D eigenvalue weighted by Crippen LogP contribution is -2.63. The molecule has 1 saturated carbocycles. The number of para-hydroxylation sites is 1. The molecule has 31 heavy (non-hydrogen) atoms. The van der Waals surface area contributed by atoms with Gasteiger partial charge in [0.1, 0.15) is 11.4 Å². The molecule has 3 aliphatic rings. The molecule has 4 heteroatoms. The zero-order valence-electron chi connectivity index (χ0n) is 18.3. The number of hydrogen-bond acceptors (Lipinski definition) is 4. The molecule has 158 valence electrons. The highest BCUT2D eigenvalue weighted by Gasteiger charge is 2.59. The first-order chi connectivity index (χ1) is 15.1. The van der Waals surface area contributed by atoms with Crippen molar-refractivity contribution in [2.24, 2.45) is 10.9 Å². The molecule has 0 amide bonds. The number of aliphatic imine (C=N–C) groups is 1. The summed E-state index contributed by atoms with van der Waals surface area (Å²) in [6.45, 7) is 5.61. The van der Waals surface area contributed by atoms with Crippen molar-refractivity contribution in [2.75, 3.05) is 11.4 Å². The number of rotatable bonds is 2. The zero-order chi connectivity index (χ0) is 21.1. The van der Waals surface area contributed by atoms with Gasteiger partial charge in [0, 0.05) is 30.0 Å². The van der Waals surface area contributed by atoms with Crippen LogP contribution in [0.5, 0.6) is 5.75 Å². The van der Waals surface area contributed by atoms with E-state index in [0.717, 1.165) is 28.8 Å². The monoisotopic (exact) mass is 411 g/mol. The third-order valence-electron chi connectivity index (χ3n) is 7.72. The summed E-state index contributed by atoms with van der Waals surface area (Å²) in [7, 11) is 0. The van der Waals surface area contributed by atoms with E-state index in [9.17, 15) is 0 Å². The second kappa shape index (κ2) is 6.81. The minimum absolute atomic E-state index is 0.233. The SMILES string of the molecule is CC1(C)c2ccccc2N(CC2CCCCC2)C12C=Nc1c(ccc3ccncc13)O2. The summed E-state index contributed by atoms with van der Waals surface area (Å²) >= 11 is 0. The van der Waals surface area contributed by atoms with Crippen LogP contribution in [0.15, 0.2) is 59.9 Å². The van der Waals surface area contributed by atoms with Gasteiger partial charge in [-0.2, -0.15) is 0 Å². The fourth-order valence-corrected chi connectivity index (χ4v) is 5.91. The van der Waals surface area contributed by atoms with Crippen LogP contribution in [-0.2, 0) is 5.41 Å². The van der Waals surface area contributed by atoms with E-state index in [1.807, 2.05) is 18.5 Å². The summed E-state index contributed by atoms with van der Waals surface area (Å²) < 4.78 is 6.99. The first-order valence-electron chi connectivity index (χ1n) is 11.6. The smallest absolute Gasteiger partial charge is 0.228 e. The summed E-state index contributed by atoms with van der Waals surface area (Å²) in [5.74, 6) is 1.55. The van der Waals surface area contributed by atoms with E-state index < -0.39 is 5.72 Å². The Labute approximate surface area is 184 Å². The average molecular weight is 412 g/mol. The number of aromatic nitrogens is 1. The number of pyridine rings is 1. The maximum absolute atomic E-state index is 6.99. The largest absolute Gasteiger partial charge is 0.459 e. The van der Waals surface area contributed by atoms with Crippen molar-refractivity contribution in [1.29, 1.82) is 0 Å². The molecule has 4 nitrogen and oxygen atoms in total. The molecule has 0 radical (unpaired) electrons. The van der Waals surface area contributed by atoms with Gasteiger partial charge in [0.05, 0.1) is 11.6 Å². The van der Waals surface area contributed by atoms with Gasteiger partial charge in [-0.1, -0.05) is 43.5 Å². The highest BCUT2D eigenvalue weighted by Crippen LogP contribution is 2.55. The Morgan fingerprint density at radius 3 is 2.74 bits per heavy atom. The van der Waals surface area contributed by atoms with E-state index in [4.69, 9.17) is 9.73 Å². The molecule has 2 aromatic carbocycles. The fourth-order valence-electron chi connectivity index (χ4n) is 5.91. The normalized spacial score (nSPS) is 24.3. The molecule has 0 bridgehead atoms. The van der Waals surface area contributed by atoms with Crippen LogP contribution >= 0.6 is 0 Å². The van der Waals surface area contributed by atoms with E-state index in [-0.39, 0.29) is 5.41 Å². The zero-order valence-corrected chi connectivity index (χ0v) is 18.3. The molecule has 1 fully saturated rings. The Bertz CT molecular complexity index is 1180. The van der Waals surface area contributed by atoms with Gasteiger partial charge < -0.3 is 9.64 Å². The third-order valence-corrected chi connectivity index (χ3v) is 7.72. The lowest BCUT2D eigenvalue weighted by atomic mass is 9.77. The standard InChI is InChI=1S/C27H29N3O/c1-26(2)22-10-6-7-11-23(22)30(17-19-8-4-3-5-9-19)27(26)18-29-25-21-16-28-15-14-20(21)12-13-24(25)31-27/h6-7,10-16,18-19H,3-5,8-9,17H2,1-2H3. The van der Waals surface area contributed by atoms with Crippen LogP contribution in [0.1, 0.15) is 51.5 Å². The van der Waals surface area contributed by atoms with Crippen LogP contribution in [0.3, 0.4) is 0 Å². The quantitative estimate of drug-likeness (QED) is 0.489. The minimum atomic E-state index is -0.628. The summed E-state index contributed by atoms with van der Waals surface area (Å²) in [5.41, 5.74) is 2.65. The average Bonchev–Trinajstić information content (AvgIpc) is 2.98. The first-order valence-corrected chi connectivity index (χ1v) is 11.6. The van der Waals surface area contributed by atoms with Gasteiger partial charge in [0.15, 0.2) is 0 Å². The van der Waals surface area contributed by atoms with E-state index in [1.54, 1.807) is 0 Å². The lowest BCUT2D eigenvalue weighted by molar-refractivity contribution is 0.0733. The van der Waals surface area contributed by atoms with Crippen LogP contribution in [0, 0.1) is 5.92 Å². The van der Waals surface area contributed by atoms with Gasteiger partial charge in [0.25, 0.3) is 0 Å². The number of fused-ring (bicyclic) bond motifs is 4. The molecule has 6 rings (SSSR count). The number of ether oxygens (including phenoxy) is 1. The molecule has 3 aromatic rings. The molecule has 1 spiro atoms. The van der Waals surface area contributed by atoms with Crippen LogP contribution < -0.4 is 9.64 Å². The van der Waals surface area contributed by atoms with Crippen LogP contribution in [-0.4, -0.2) is 23.5 Å². The molecule has 0 N–H and O–H groups in total. The van der Waals surface area contributed by atoms with Gasteiger partial charge in [0.2, 0.25) is 5.72 Å². The van der Waals surface area contributed by atoms with Gasteiger partial charge in [-0.05, 0) is 61.8 Å². The minimum Gasteiger partial charge on any atom is -0.459 e. The molecule has 1 atom stereocenters. The number of nitrogens with zero attached hydrogens (tertiary/aromatic N) is 3. The predicted octanol–water partition coefficient (Wildman–Crippen LogP) is 6.40. The van der Waals surface area contributed by atoms with Crippen molar-refractivity contribution >= 4 is 28.4 Å². The molecule has 1 unspecified atom stereocenters. The highest BCUT2D eigenvalue weighted by molar-refractivity contribution is 5.99. The topological polar surface area (TPSA) is 37.7 Å². The maximum Gasteiger partial charge on any atom is 0.228 e. The van der Waals surface area contributed by atoms with Crippen LogP contribution in [0.25, 0.3) is 10.8 Å². The van der Waals surface area contributed by atoms with Gasteiger partial charge in [-0.25, -0.2) is 0 Å². The molecule has 2 aliphatic heterocycles. The predicted molar refractivity (Wildman–Crippen MR) is 127 cm³/mol. The van der Waals surface area contributed by atoms with Crippen LogP contribution in [0.2, 0.25) is 0 Å². The Morgan fingerprint density at radius 2 is 1.87 bits per heavy atom. The summed E-state index contributed by atoms with van der Waals surface area (Å²) in [4.78, 5) is 11.9. The van der Waals surface area contributed by atoms with Gasteiger partial charge in [-0.15, -0.1) is 0 Å². The van der Waals surface area contributed by atoms with E-state index in [1.165, 1.54) is 43.4 Å². The molecule has 3 heterocycles. The van der Waals surface area contributed by atoms with Crippen LogP contribution in [0.4, 0.5) is 11.4 Å². The Balaban J connectivity index is 1.49. The highest BCUT2D eigenvalue weighted by atomic mass is 16.5. The Kier molecular flexibility index (Phi) is 4.14. The van der Waals surface area contributed by atoms with Crippen molar-refractivity contribution in [1.82, 2.24) is 4.98 Å². The molecule has 0 saturated heterocycles. The second-order valence-corrected chi connectivity index (χ2v) is 9.82. The number of benzene rings is 2. The van der Waals surface area contributed by atoms with Crippen molar-refractivity contribution in [3.8, 4) is 5.75 Å². The fraction of sp³-hybridized carbons (Fsp3) is 0.407. The Hall–Kier alpha value is -2.88. The maximum atomic E-state index is 6.99. The molecular formula is C27H29N3O. The van der Waals surface area contributed by atoms with Gasteiger partial charge >= 0.3 is 0 Å². The molecule has 1 aromatic heterocycles. The molecular weight excluding hydrogens is 382 g/mol. The summed E-state index contributed by atoms with van der Waals surface area (Å²) in [6, 6.07) is 15.0. The Morgan fingerprint density at radius 1 is 1.03 bits per heavy atom. The van der Waals surface area contributed by atoms with Gasteiger partial charge in [-0.3, -0.25) is 9.98 Å². The number of anilines is 1. The van der Waals surface area contributed by atoms with E-state index in [2.05, 4.69) is 66.3 Å². The van der Waals surface area contributed by atoms with E-state index in [0.29, 0.717) is 5.92 Å². The summed E-state index contributed by atoms with van der Waals surface area (Å²) in [5, 5.41) is 2.18. The van der Waals surface area contributed by atoms with Crippen molar-refractivity contribution in [2.45, 2.75) is 57.1 Å². The lowest BCUT2D eigenvalue weighted by Gasteiger charge is -2.47. The van der Waals surface area contributed by atoms with E-state index >= 15 is 0 Å². The second-order valence-electron chi connectivity index (χ2n) is 9.82. The van der Waals surface area contributed by atoms with Crippen molar-refractivity contribution in [3.05, 3.63) is 60.4 Å². The summed E-state index contributed by atoms with van der Waals surface area (Å²) in [6.07, 6.45) is 12.5. The molecule has 1 aliphatic carbocycles. The number of hydrogen-bond donors (Lipinski definition) is 0.